The van der Waals surface area contributed by atoms with Crippen LogP contribution in [0.3, 0.4) is 0 Å². The molecule has 2 saturated heterocycles. The molecule has 2 N–H and O–H groups in total. The first-order valence-electron chi connectivity index (χ1n) is 8.26. The third-order valence-corrected chi connectivity index (χ3v) is 5.20. The van der Waals surface area contributed by atoms with Gasteiger partial charge in [0, 0.05) is 36.8 Å². The van der Waals surface area contributed by atoms with E-state index in [0.717, 1.165) is 25.0 Å². The largest absolute Gasteiger partial charge is 0.394 e. The van der Waals surface area contributed by atoms with E-state index in [1.807, 2.05) is 0 Å². The lowest BCUT2D eigenvalue weighted by molar-refractivity contribution is 0.134. The van der Waals surface area contributed by atoms with Gasteiger partial charge in [-0.1, -0.05) is 13.8 Å². The molecule has 20 heavy (non-hydrogen) atoms. The van der Waals surface area contributed by atoms with Gasteiger partial charge in [-0.25, -0.2) is 0 Å². The molecule has 0 aromatic rings. The molecule has 0 aromatic heterocycles. The van der Waals surface area contributed by atoms with E-state index in [9.17, 15) is 5.11 Å². The van der Waals surface area contributed by atoms with Crippen molar-refractivity contribution in [2.75, 3.05) is 33.3 Å². The van der Waals surface area contributed by atoms with E-state index in [-0.39, 0.29) is 12.1 Å². The highest BCUT2D eigenvalue weighted by atomic mass is 16.3. The van der Waals surface area contributed by atoms with Gasteiger partial charge in [-0.2, -0.15) is 0 Å². The van der Waals surface area contributed by atoms with Gasteiger partial charge in [-0.3, -0.25) is 4.90 Å². The maximum Gasteiger partial charge on any atom is 0.0611 e. The molecule has 3 unspecified atom stereocenters. The molecule has 2 fully saturated rings. The van der Waals surface area contributed by atoms with E-state index in [0.29, 0.717) is 6.04 Å². The molecule has 2 bridgehead atoms. The van der Waals surface area contributed by atoms with E-state index in [4.69, 9.17) is 0 Å². The zero-order chi connectivity index (χ0) is 14.8. The van der Waals surface area contributed by atoms with Crippen molar-refractivity contribution >= 4 is 0 Å². The molecule has 0 saturated carbocycles. The molecule has 2 aliphatic rings. The first-order chi connectivity index (χ1) is 9.43. The molecule has 0 radical (unpaired) electrons. The third kappa shape index (κ3) is 3.94. The van der Waals surface area contributed by atoms with Crippen molar-refractivity contribution in [1.29, 1.82) is 0 Å². The molecule has 0 spiro atoms. The second-order valence-electron chi connectivity index (χ2n) is 7.41. The number of rotatable bonds is 6. The molecule has 0 amide bonds. The van der Waals surface area contributed by atoms with Crippen LogP contribution in [0.15, 0.2) is 0 Å². The standard InChI is InChI=1S/C16H33N3O/c1-13(2)17-16(3,12-20)8-10-19-9-7-14-5-6-15(11-19)18(14)4/h13-15,17,20H,5-12H2,1-4H3. The number of nitrogens with zero attached hydrogens (tertiary/aromatic N) is 2. The van der Waals surface area contributed by atoms with Gasteiger partial charge in [-0.15, -0.1) is 0 Å². The summed E-state index contributed by atoms with van der Waals surface area (Å²) in [6.07, 6.45) is 5.07. The Kier molecular flexibility index (Phi) is 5.46. The zero-order valence-corrected chi connectivity index (χ0v) is 13.7. The van der Waals surface area contributed by atoms with Crippen LogP contribution in [-0.2, 0) is 0 Å². The second kappa shape index (κ2) is 6.73. The number of aliphatic hydroxyl groups is 1. The van der Waals surface area contributed by atoms with Crippen LogP contribution in [0.5, 0.6) is 0 Å². The lowest BCUT2D eigenvalue weighted by Gasteiger charge is -2.34. The van der Waals surface area contributed by atoms with Crippen molar-refractivity contribution in [3.63, 3.8) is 0 Å². The van der Waals surface area contributed by atoms with Gasteiger partial charge in [0.2, 0.25) is 0 Å². The molecule has 4 heteroatoms. The Morgan fingerprint density at radius 2 is 1.95 bits per heavy atom. The van der Waals surface area contributed by atoms with Crippen molar-refractivity contribution in [1.82, 2.24) is 15.1 Å². The normalized spacial score (nSPS) is 31.5. The predicted octanol–water partition coefficient (Wildman–Crippen LogP) is 1.29. The van der Waals surface area contributed by atoms with Crippen LogP contribution in [0, 0.1) is 0 Å². The number of hydrogen-bond donors (Lipinski definition) is 2. The fraction of sp³-hybridized carbons (Fsp3) is 1.00. The minimum absolute atomic E-state index is 0.147. The van der Waals surface area contributed by atoms with Gasteiger partial charge >= 0.3 is 0 Å². The number of fused-ring (bicyclic) bond motifs is 2. The highest BCUT2D eigenvalue weighted by Gasteiger charge is 2.35. The number of hydrogen-bond acceptors (Lipinski definition) is 4. The summed E-state index contributed by atoms with van der Waals surface area (Å²) in [6, 6.07) is 1.97. The first kappa shape index (κ1) is 16.2. The molecule has 0 aliphatic carbocycles. The molecule has 2 aliphatic heterocycles. The number of likely N-dealkylation sites (N-methyl/N-ethyl adjacent to an activating group) is 1. The molecule has 2 heterocycles. The van der Waals surface area contributed by atoms with Gasteiger partial charge in [0.25, 0.3) is 0 Å². The van der Waals surface area contributed by atoms with Gasteiger partial charge in [0.1, 0.15) is 0 Å². The molecular formula is C16H33N3O. The van der Waals surface area contributed by atoms with E-state index in [2.05, 4.69) is 42.9 Å². The Balaban J connectivity index is 1.84. The Morgan fingerprint density at radius 1 is 1.25 bits per heavy atom. The van der Waals surface area contributed by atoms with Crippen molar-refractivity contribution < 1.29 is 5.11 Å². The summed E-state index contributed by atoms with van der Waals surface area (Å²) in [5.41, 5.74) is -0.147. The molecule has 3 atom stereocenters. The smallest absolute Gasteiger partial charge is 0.0611 e. The molecule has 0 aromatic carbocycles. The summed E-state index contributed by atoms with van der Waals surface area (Å²) < 4.78 is 0. The number of aliphatic hydroxyl groups excluding tert-OH is 1. The van der Waals surface area contributed by atoms with Crippen LogP contribution in [0.25, 0.3) is 0 Å². The number of nitrogens with one attached hydrogen (secondary N) is 1. The molecule has 118 valence electrons. The van der Waals surface area contributed by atoms with Crippen LogP contribution >= 0.6 is 0 Å². The second-order valence-corrected chi connectivity index (χ2v) is 7.41. The van der Waals surface area contributed by atoms with E-state index in [1.54, 1.807) is 0 Å². The van der Waals surface area contributed by atoms with Crippen LogP contribution in [0.1, 0.15) is 46.5 Å². The fourth-order valence-electron chi connectivity index (χ4n) is 3.88. The Hall–Kier alpha value is -0.160. The van der Waals surface area contributed by atoms with Crippen molar-refractivity contribution in [2.45, 2.75) is 70.1 Å². The van der Waals surface area contributed by atoms with Gasteiger partial charge in [0.05, 0.1) is 6.61 Å². The monoisotopic (exact) mass is 283 g/mol. The summed E-state index contributed by atoms with van der Waals surface area (Å²) in [4.78, 5) is 5.20. The molecular weight excluding hydrogens is 250 g/mol. The lowest BCUT2D eigenvalue weighted by atomic mass is 9.97. The summed E-state index contributed by atoms with van der Waals surface area (Å²) in [7, 11) is 2.30. The minimum Gasteiger partial charge on any atom is -0.394 e. The maximum absolute atomic E-state index is 9.68. The van der Waals surface area contributed by atoms with Crippen LogP contribution < -0.4 is 5.32 Å². The van der Waals surface area contributed by atoms with Crippen LogP contribution in [0.4, 0.5) is 0 Å². The minimum atomic E-state index is -0.147. The topological polar surface area (TPSA) is 38.7 Å². The predicted molar refractivity (Wildman–Crippen MR) is 84.0 cm³/mol. The average molecular weight is 283 g/mol. The lowest BCUT2D eigenvalue weighted by Crippen LogP contribution is -2.51. The highest BCUT2D eigenvalue weighted by molar-refractivity contribution is 4.92. The average Bonchev–Trinajstić information content (AvgIpc) is 2.62. The van der Waals surface area contributed by atoms with Crippen LogP contribution in [-0.4, -0.2) is 71.9 Å². The van der Waals surface area contributed by atoms with Crippen molar-refractivity contribution in [3.05, 3.63) is 0 Å². The Bertz CT molecular complexity index is 310. The SMILES string of the molecule is CC(C)NC(C)(CO)CCN1CCC2CCC(C1)N2C. The van der Waals surface area contributed by atoms with Gasteiger partial charge in [0.15, 0.2) is 0 Å². The summed E-state index contributed by atoms with van der Waals surface area (Å²) in [5, 5.41) is 13.2. The summed E-state index contributed by atoms with van der Waals surface area (Å²) in [6.45, 7) is 10.2. The third-order valence-electron chi connectivity index (χ3n) is 5.20. The fourth-order valence-corrected chi connectivity index (χ4v) is 3.88. The summed E-state index contributed by atoms with van der Waals surface area (Å²) >= 11 is 0. The quantitative estimate of drug-likeness (QED) is 0.770. The van der Waals surface area contributed by atoms with E-state index >= 15 is 0 Å². The zero-order valence-electron chi connectivity index (χ0n) is 13.7. The van der Waals surface area contributed by atoms with Crippen molar-refractivity contribution in [3.8, 4) is 0 Å². The molecule has 4 nitrogen and oxygen atoms in total. The number of likely N-dealkylation sites (tertiary alicyclic amines) is 1. The van der Waals surface area contributed by atoms with E-state index in [1.165, 1.54) is 32.4 Å². The first-order valence-corrected chi connectivity index (χ1v) is 8.26. The van der Waals surface area contributed by atoms with E-state index < -0.39 is 0 Å². The van der Waals surface area contributed by atoms with Gasteiger partial charge in [-0.05, 0) is 46.2 Å². The van der Waals surface area contributed by atoms with Crippen LogP contribution in [0.2, 0.25) is 0 Å². The Labute approximate surface area is 124 Å². The van der Waals surface area contributed by atoms with Crippen molar-refractivity contribution in [2.24, 2.45) is 0 Å². The summed E-state index contributed by atoms with van der Waals surface area (Å²) in [5.74, 6) is 0. The molecule has 2 rings (SSSR count). The van der Waals surface area contributed by atoms with Gasteiger partial charge < -0.3 is 15.3 Å². The highest BCUT2D eigenvalue weighted by Crippen LogP contribution is 2.28. The Morgan fingerprint density at radius 3 is 2.60 bits per heavy atom. The maximum atomic E-state index is 9.68.